The zero-order chi connectivity index (χ0) is 12.4. The maximum atomic E-state index is 5.59. The summed E-state index contributed by atoms with van der Waals surface area (Å²) < 4.78 is 5.59. The number of rotatable bonds is 5. The van der Waals surface area contributed by atoms with E-state index in [9.17, 15) is 0 Å². The van der Waals surface area contributed by atoms with E-state index in [0.29, 0.717) is 6.04 Å². The predicted octanol–water partition coefficient (Wildman–Crippen LogP) is 3.16. The van der Waals surface area contributed by atoms with Crippen molar-refractivity contribution in [3.05, 3.63) is 41.9 Å². The molecule has 3 heteroatoms. The molecule has 0 spiro atoms. The Bertz CT molecular complexity index is 529. The number of hydrogen-bond acceptors (Lipinski definition) is 3. The van der Waals surface area contributed by atoms with Gasteiger partial charge in [-0.25, -0.2) is 4.98 Å². The van der Waals surface area contributed by atoms with Crippen molar-refractivity contribution in [3.8, 4) is 11.3 Å². The maximum Gasteiger partial charge on any atom is 0.181 e. The van der Waals surface area contributed by atoms with Crippen molar-refractivity contribution >= 4 is 0 Å². The highest BCUT2D eigenvalue weighted by molar-refractivity contribution is 5.64. The van der Waals surface area contributed by atoms with E-state index in [1.807, 2.05) is 0 Å². The van der Waals surface area contributed by atoms with Crippen LogP contribution < -0.4 is 5.32 Å². The lowest BCUT2D eigenvalue weighted by Crippen LogP contribution is -2.16. The number of aromatic nitrogens is 1. The van der Waals surface area contributed by atoms with Crippen LogP contribution in [0.2, 0.25) is 0 Å². The summed E-state index contributed by atoms with van der Waals surface area (Å²) in [7, 11) is 0. The zero-order valence-corrected chi connectivity index (χ0v) is 10.6. The lowest BCUT2D eigenvalue weighted by molar-refractivity contribution is 0.568. The van der Waals surface area contributed by atoms with E-state index >= 15 is 0 Å². The van der Waals surface area contributed by atoms with E-state index in [1.165, 1.54) is 24.0 Å². The number of oxazole rings is 1. The summed E-state index contributed by atoms with van der Waals surface area (Å²) in [5, 5.41) is 3.48. The Hall–Kier alpha value is -1.61. The van der Waals surface area contributed by atoms with E-state index in [0.717, 1.165) is 24.4 Å². The Balaban J connectivity index is 1.88. The van der Waals surface area contributed by atoms with Crippen molar-refractivity contribution in [3.63, 3.8) is 0 Å². The van der Waals surface area contributed by atoms with Crippen molar-refractivity contribution in [1.29, 1.82) is 0 Å². The molecule has 0 radical (unpaired) electrons. The van der Waals surface area contributed by atoms with Gasteiger partial charge in [0, 0.05) is 18.2 Å². The van der Waals surface area contributed by atoms with Crippen molar-refractivity contribution in [1.82, 2.24) is 10.3 Å². The first kappa shape index (κ1) is 11.5. The Morgan fingerprint density at radius 3 is 2.94 bits per heavy atom. The van der Waals surface area contributed by atoms with Gasteiger partial charge in [-0.2, -0.15) is 0 Å². The van der Waals surface area contributed by atoms with E-state index < -0.39 is 0 Å². The third-order valence-corrected chi connectivity index (χ3v) is 3.42. The number of benzene rings is 1. The molecule has 1 saturated carbocycles. The molecule has 1 N–H and O–H groups in total. The minimum Gasteiger partial charge on any atom is -0.443 e. The molecule has 3 nitrogen and oxygen atoms in total. The molecule has 1 aromatic carbocycles. The monoisotopic (exact) mass is 242 g/mol. The third-order valence-electron chi connectivity index (χ3n) is 3.42. The minimum absolute atomic E-state index is 0.691. The summed E-state index contributed by atoms with van der Waals surface area (Å²) in [6, 6.07) is 9.07. The van der Waals surface area contributed by atoms with Crippen LogP contribution in [-0.2, 0) is 13.0 Å². The third kappa shape index (κ3) is 2.31. The standard InChI is InChI=1S/C15H18N2O/c1-2-11-5-3-4-6-13(11)15-14(17-10-18-15)9-16-12-7-8-12/h3-6,10,12,16H,2,7-9H2,1H3. The van der Waals surface area contributed by atoms with Gasteiger partial charge in [0.25, 0.3) is 0 Å². The Morgan fingerprint density at radius 1 is 1.33 bits per heavy atom. The first-order chi connectivity index (χ1) is 8.88. The second-order valence-electron chi connectivity index (χ2n) is 4.79. The molecule has 0 atom stereocenters. The second-order valence-corrected chi connectivity index (χ2v) is 4.79. The summed E-state index contributed by atoms with van der Waals surface area (Å²) in [6.45, 7) is 2.96. The molecule has 3 rings (SSSR count). The SMILES string of the molecule is CCc1ccccc1-c1ocnc1CNC1CC1. The fourth-order valence-corrected chi connectivity index (χ4v) is 2.19. The van der Waals surface area contributed by atoms with Crippen molar-refractivity contribution in [2.45, 2.75) is 38.8 Å². The zero-order valence-electron chi connectivity index (χ0n) is 10.6. The van der Waals surface area contributed by atoms with Gasteiger partial charge < -0.3 is 9.73 Å². The summed E-state index contributed by atoms with van der Waals surface area (Å²) in [6.07, 6.45) is 5.13. The summed E-state index contributed by atoms with van der Waals surface area (Å²) >= 11 is 0. The van der Waals surface area contributed by atoms with Crippen LogP contribution in [0, 0.1) is 0 Å². The van der Waals surface area contributed by atoms with Crippen molar-refractivity contribution in [2.24, 2.45) is 0 Å². The molecule has 0 saturated heterocycles. The smallest absolute Gasteiger partial charge is 0.181 e. The average molecular weight is 242 g/mol. The summed E-state index contributed by atoms with van der Waals surface area (Å²) in [5.74, 6) is 0.917. The normalized spacial score (nSPS) is 14.9. The first-order valence-electron chi connectivity index (χ1n) is 6.62. The van der Waals surface area contributed by atoms with Crippen LogP contribution in [0.15, 0.2) is 35.1 Å². The van der Waals surface area contributed by atoms with Crippen LogP contribution in [0.1, 0.15) is 31.0 Å². The quantitative estimate of drug-likeness (QED) is 0.875. The number of nitrogens with zero attached hydrogens (tertiary/aromatic N) is 1. The van der Waals surface area contributed by atoms with Crippen LogP contribution in [0.3, 0.4) is 0 Å². The molecule has 0 aliphatic heterocycles. The molecular formula is C15H18N2O. The average Bonchev–Trinajstić information content (AvgIpc) is 3.13. The summed E-state index contributed by atoms with van der Waals surface area (Å²) in [5.41, 5.74) is 3.50. The predicted molar refractivity (Wildman–Crippen MR) is 71.2 cm³/mol. The molecule has 1 aromatic heterocycles. The van der Waals surface area contributed by atoms with Gasteiger partial charge in [-0.3, -0.25) is 0 Å². The van der Waals surface area contributed by atoms with Gasteiger partial charge in [-0.05, 0) is 24.8 Å². The van der Waals surface area contributed by atoms with Gasteiger partial charge in [-0.1, -0.05) is 31.2 Å². The molecule has 0 bridgehead atoms. The fourth-order valence-electron chi connectivity index (χ4n) is 2.19. The lowest BCUT2D eigenvalue weighted by Gasteiger charge is -2.07. The van der Waals surface area contributed by atoms with Gasteiger partial charge in [0.15, 0.2) is 12.2 Å². The fraction of sp³-hybridized carbons (Fsp3) is 0.400. The molecule has 18 heavy (non-hydrogen) atoms. The van der Waals surface area contributed by atoms with E-state index in [1.54, 1.807) is 6.39 Å². The maximum absolute atomic E-state index is 5.59. The molecule has 0 amide bonds. The Kier molecular flexibility index (Phi) is 3.15. The van der Waals surface area contributed by atoms with Gasteiger partial charge >= 0.3 is 0 Å². The highest BCUT2D eigenvalue weighted by atomic mass is 16.3. The topological polar surface area (TPSA) is 38.1 Å². The Labute approximate surface area is 107 Å². The molecule has 1 heterocycles. The molecule has 2 aromatic rings. The Morgan fingerprint density at radius 2 is 2.17 bits per heavy atom. The van der Waals surface area contributed by atoms with Crippen LogP contribution in [0.4, 0.5) is 0 Å². The number of aryl methyl sites for hydroxylation is 1. The van der Waals surface area contributed by atoms with Crippen LogP contribution >= 0.6 is 0 Å². The largest absolute Gasteiger partial charge is 0.443 e. The second kappa shape index (κ2) is 4.94. The van der Waals surface area contributed by atoms with Crippen molar-refractivity contribution in [2.75, 3.05) is 0 Å². The van der Waals surface area contributed by atoms with E-state index in [2.05, 4.69) is 41.5 Å². The van der Waals surface area contributed by atoms with Crippen LogP contribution in [0.25, 0.3) is 11.3 Å². The highest BCUT2D eigenvalue weighted by Gasteiger charge is 2.22. The van der Waals surface area contributed by atoms with Crippen LogP contribution in [0.5, 0.6) is 0 Å². The number of nitrogens with one attached hydrogen (secondary N) is 1. The van der Waals surface area contributed by atoms with Gasteiger partial charge in [-0.15, -0.1) is 0 Å². The molecular weight excluding hydrogens is 224 g/mol. The van der Waals surface area contributed by atoms with E-state index in [-0.39, 0.29) is 0 Å². The van der Waals surface area contributed by atoms with E-state index in [4.69, 9.17) is 4.42 Å². The molecule has 1 aliphatic rings. The molecule has 1 aliphatic carbocycles. The molecule has 0 unspecified atom stereocenters. The number of hydrogen-bond donors (Lipinski definition) is 1. The first-order valence-corrected chi connectivity index (χ1v) is 6.62. The van der Waals surface area contributed by atoms with Gasteiger partial charge in [0.1, 0.15) is 5.69 Å². The lowest BCUT2D eigenvalue weighted by atomic mass is 10.0. The molecule has 1 fully saturated rings. The van der Waals surface area contributed by atoms with Crippen LogP contribution in [-0.4, -0.2) is 11.0 Å². The minimum atomic E-state index is 0.691. The van der Waals surface area contributed by atoms with Crippen molar-refractivity contribution < 1.29 is 4.42 Å². The highest BCUT2D eigenvalue weighted by Crippen LogP contribution is 2.28. The van der Waals surface area contributed by atoms with Gasteiger partial charge in [0.2, 0.25) is 0 Å². The van der Waals surface area contributed by atoms with Gasteiger partial charge in [0.05, 0.1) is 0 Å². The summed E-state index contributed by atoms with van der Waals surface area (Å²) in [4.78, 5) is 4.34. The molecule has 94 valence electrons.